The lowest BCUT2D eigenvalue weighted by molar-refractivity contribution is 0.136. The van der Waals surface area contributed by atoms with Crippen LogP contribution < -0.4 is 20.7 Å². The van der Waals surface area contributed by atoms with Gasteiger partial charge >= 0.3 is 0 Å². The predicted molar refractivity (Wildman–Crippen MR) is 141 cm³/mol. The normalized spacial score (nSPS) is 16.8. The SMILES string of the molecule is Nc1nc2c(ncn2CCN2CCN(c3cc(OC4CNC4)c(F)cc3F)CC2)c2cc(-c3ccco3)nn12. The van der Waals surface area contributed by atoms with E-state index in [2.05, 4.69) is 25.3 Å². The highest BCUT2D eigenvalue weighted by molar-refractivity contribution is 5.90. The fourth-order valence-electron chi connectivity index (χ4n) is 5.10. The predicted octanol–water partition coefficient (Wildman–Crippen LogP) is 2.37. The number of piperazine rings is 1. The van der Waals surface area contributed by atoms with E-state index < -0.39 is 11.6 Å². The molecule has 39 heavy (non-hydrogen) atoms. The summed E-state index contributed by atoms with van der Waals surface area (Å²) >= 11 is 0. The van der Waals surface area contributed by atoms with Crippen molar-refractivity contribution in [1.29, 1.82) is 0 Å². The van der Waals surface area contributed by atoms with Crippen molar-refractivity contribution in [2.45, 2.75) is 12.6 Å². The Morgan fingerprint density at radius 1 is 1.08 bits per heavy atom. The Kier molecular flexibility index (Phi) is 5.81. The van der Waals surface area contributed by atoms with Gasteiger partial charge in [0.2, 0.25) is 5.95 Å². The molecule has 0 atom stereocenters. The van der Waals surface area contributed by atoms with Crippen LogP contribution in [0.1, 0.15) is 0 Å². The minimum Gasteiger partial charge on any atom is -0.485 e. The first-order valence-electron chi connectivity index (χ1n) is 12.9. The van der Waals surface area contributed by atoms with Gasteiger partial charge in [-0.05, 0) is 18.2 Å². The highest BCUT2D eigenvalue weighted by Gasteiger charge is 2.25. The molecule has 6 heterocycles. The van der Waals surface area contributed by atoms with Crippen LogP contribution in [-0.2, 0) is 6.54 Å². The molecule has 2 aliphatic rings. The molecule has 2 saturated heterocycles. The van der Waals surface area contributed by atoms with Crippen LogP contribution in [0.3, 0.4) is 0 Å². The third kappa shape index (κ3) is 4.33. The molecule has 0 aliphatic carbocycles. The van der Waals surface area contributed by atoms with Crippen molar-refractivity contribution in [3.63, 3.8) is 0 Å². The first kappa shape index (κ1) is 23.9. The summed E-state index contributed by atoms with van der Waals surface area (Å²) in [6.45, 7) is 5.47. The van der Waals surface area contributed by atoms with Crippen LogP contribution in [0.25, 0.3) is 28.1 Å². The molecule has 3 N–H and O–H groups in total. The molecule has 202 valence electrons. The number of hydrogen-bond acceptors (Lipinski definition) is 9. The van der Waals surface area contributed by atoms with Crippen molar-refractivity contribution < 1.29 is 17.9 Å². The van der Waals surface area contributed by atoms with Gasteiger partial charge in [-0.3, -0.25) is 4.90 Å². The molecule has 0 amide bonds. The number of anilines is 2. The maximum absolute atomic E-state index is 14.7. The molecule has 0 bridgehead atoms. The molecule has 2 fully saturated rings. The Balaban J connectivity index is 1.03. The number of benzene rings is 1. The van der Waals surface area contributed by atoms with Crippen molar-refractivity contribution in [2.24, 2.45) is 0 Å². The van der Waals surface area contributed by atoms with Crippen LogP contribution in [0.4, 0.5) is 20.4 Å². The van der Waals surface area contributed by atoms with Gasteiger partial charge in [0.25, 0.3) is 0 Å². The Morgan fingerprint density at radius 3 is 2.67 bits per heavy atom. The number of nitrogens with one attached hydrogen (secondary N) is 1. The minimum atomic E-state index is -0.672. The lowest BCUT2D eigenvalue weighted by atomic mass is 10.2. The van der Waals surface area contributed by atoms with E-state index in [9.17, 15) is 8.78 Å². The number of furan rings is 1. The van der Waals surface area contributed by atoms with Crippen LogP contribution in [0.5, 0.6) is 5.75 Å². The second kappa shape index (κ2) is 9.50. The molecule has 7 rings (SSSR count). The smallest absolute Gasteiger partial charge is 0.223 e. The number of fused-ring (bicyclic) bond motifs is 3. The Bertz CT molecular complexity index is 1640. The quantitative estimate of drug-likeness (QED) is 0.324. The summed E-state index contributed by atoms with van der Waals surface area (Å²) in [6, 6.07) is 7.94. The molecule has 4 aromatic heterocycles. The van der Waals surface area contributed by atoms with E-state index in [-0.39, 0.29) is 17.8 Å². The Morgan fingerprint density at radius 2 is 1.92 bits per heavy atom. The van der Waals surface area contributed by atoms with Crippen molar-refractivity contribution >= 4 is 28.3 Å². The lowest BCUT2D eigenvalue weighted by Gasteiger charge is -2.36. The molecule has 0 spiro atoms. The summed E-state index contributed by atoms with van der Waals surface area (Å²) in [4.78, 5) is 13.4. The Labute approximate surface area is 221 Å². The number of nitrogen functional groups attached to an aromatic ring is 1. The number of rotatable bonds is 7. The molecular weight excluding hydrogens is 508 g/mol. The Hall–Kier alpha value is -4.23. The maximum atomic E-state index is 14.7. The molecule has 1 aromatic carbocycles. The number of nitrogens with zero attached hydrogens (tertiary/aromatic N) is 7. The van der Waals surface area contributed by atoms with E-state index in [1.54, 1.807) is 23.2 Å². The van der Waals surface area contributed by atoms with Gasteiger partial charge in [0.15, 0.2) is 23.0 Å². The monoisotopic (exact) mass is 535 g/mol. The third-order valence-corrected chi connectivity index (χ3v) is 7.38. The zero-order valence-electron chi connectivity index (χ0n) is 21.1. The van der Waals surface area contributed by atoms with Gasteiger partial charge in [-0.2, -0.15) is 14.6 Å². The van der Waals surface area contributed by atoms with Crippen LogP contribution in [0.2, 0.25) is 0 Å². The molecule has 11 nitrogen and oxygen atoms in total. The summed E-state index contributed by atoms with van der Waals surface area (Å²) in [5.41, 5.74) is 9.42. The molecule has 0 radical (unpaired) electrons. The minimum absolute atomic E-state index is 0.0816. The second-order valence-electron chi connectivity index (χ2n) is 9.84. The standard InChI is InChI=1S/C26H27F2N9O2/c27-17-10-18(28)23(39-16-13-30-14-16)12-20(17)35-6-3-34(4-7-35)5-8-36-15-31-24-21-11-19(22-2-1-9-38-22)33-37(21)26(29)32-25(24)36/h1-2,9-12,15-16,30H,3-8,13-14H2,(H2,29,32). The number of imidazole rings is 1. The molecule has 2 aliphatic heterocycles. The zero-order valence-corrected chi connectivity index (χ0v) is 21.1. The zero-order chi connectivity index (χ0) is 26.5. The van der Waals surface area contributed by atoms with Gasteiger partial charge in [-0.25, -0.2) is 13.8 Å². The first-order valence-corrected chi connectivity index (χ1v) is 12.9. The third-order valence-electron chi connectivity index (χ3n) is 7.38. The molecule has 0 unspecified atom stereocenters. The molecular formula is C26H27F2N9O2. The summed E-state index contributed by atoms with van der Waals surface area (Å²) in [7, 11) is 0. The average molecular weight is 536 g/mol. The number of ether oxygens (including phenoxy) is 1. The van der Waals surface area contributed by atoms with E-state index >= 15 is 0 Å². The van der Waals surface area contributed by atoms with Crippen LogP contribution >= 0.6 is 0 Å². The first-order chi connectivity index (χ1) is 19.0. The van der Waals surface area contributed by atoms with E-state index in [0.29, 0.717) is 61.0 Å². The highest BCUT2D eigenvalue weighted by atomic mass is 19.1. The summed E-state index contributed by atoms with van der Waals surface area (Å²) in [6.07, 6.45) is 3.28. The van der Waals surface area contributed by atoms with Crippen molar-refractivity contribution in [3.05, 3.63) is 54.6 Å². The van der Waals surface area contributed by atoms with Crippen LogP contribution in [-0.4, -0.2) is 81.0 Å². The van der Waals surface area contributed by atoms with E-state index in [1.807, 2.05) is 21.6 Å². The topological polar surface area (TPSA) is 115 Å². The fraction of sp³-hybridized carbons (Fsp3) is 0.346. The number of nitrogens with two attached hydrogens (primary N) is 1. The molecule has 5 aromatic rings. The molecule has 13 heteroatoms. The van der Waals surface area contributed by atoms with Crippen molar-refractivity contribution in [1.82, 2.24) is 34.4 Å². The van der Waals surface area contributed by atoms with Crippen LogP contribution in [0, 0.1) is 11.6 Å². The summed E-state index contributed by atoms with van der Waals surface area (Å²) < 4.78 is 43.6. The van der Waals surface area contributed by atoms with Crippen molar-refractivity contribution in [2.75, 3.05) is 56.4 Å². The number of halogens is 2. The average Bonchev–Trinajstić information content (AvgIpc) is 3.66. The summed E-state index contributed by atoms with van der Waals surface area (Å²) in [5.74, 6) is -0.236. The van der Waals surface area contributed by atoms with E-state index in [0.717, 1.165) is 31.2 Å². The van der Waals surface area contributed by atoms with Gasteiger partial charge in [0, 0.05) is 64.5 Å². The van der Waals surface area contributed by atoms with Gasteiger partial charge in [-0.1, -0.05) is 0 Å². The van der Waals surface area contributed by atoms with Gasteiger partial charge in [-0.15, -0.1) is 0 Å². The second-order valence-corrected chi connectivity index (χ2v) is 9.84. The number of hydrogen-bond donors (Lipinski definition) is 2. The number of aromatic nitrogens is 5. The maximum Gasteiger partial charge on any atom is 0.223 e. The van der Waals surface area contributed by atoms with Gasteiger partial charge in [0.05, 0.1) is 18.3 Å². The van der Waals surface area contributed by atoms with Crippen molar-refractivity contribution in [3.8, 4) is 17.2 Å². The van der Waals surface area contributed by atoms with Gasteiger partial charge in [0.1, 0.15) is 28.6 Å². The fourth-order valence-corrected chi connectivity index (χ4v) is 5.10. The lowest BCUT2D eigenvalue weighted by Crippen LogP contribution is -2.50. The highest BCUT2D eigenvalue weighted by Crippen LogP contribution is 2.30. The largest absolute Gasteiger partial charge is 0.485 e. The van der Waals surface area contributed by atoms with Gasteiger partial charge < -0.3 is 29.7 Å². The van der Waals surface area contributed by atoms with Crippen LogP contribution in [0.15, 0.2) is 47.3 Å². The van der Waals surface area contributed by atoms with E-state index in [1.165, 1.54) is 6.07 Å². The molecule has 0 saturated carbocycles. The van der Waals surface area contributed by atoms with E-state index in [4.69, 9.17) is 14.9 Å². The summed E-state index contributed by atoms with van der Waals surface area (Å²) in [5, 5.41) is 7.60.